The number of anilines is 1. The van der Waals surface area contributed by atoms with Crippen LogP contribution >= 0.6 is 0 Å². The quantitative estimate of drug-likeness (QED) is 0.198. The largest absolute Gasteiger partial charge is 0.453 e. The summed E-state index contributed by atoms with van der Waals surface area (Å²) in [5.74, 6) is -0.0257. The van der Waals surface area contributed by atoms with Crippen molar-refractivity contribution < 1.29 is 38.0 Å². The van der Waals surface area contributed by atoms with Crippen LogP contribution in [0, 0.1) is 0 Å². The minimum atomic E-state index is -0.851. The molecule has 2 aromatic heterocycles. The van der Waals surface area contributed by atoms with Gasteiger partial charge in [0, 0.05) is 13.1 Å². The summed E-state index contributed by atoms with van der Waals surface area (Å²) >= 11 is 0. The first kappa shape index (κ1) is 34.9. The van der Waals surface area contributed by atoms with Gasteiger partial charge in [0.2, 0.25) is 17.7 Å². The first-order valence-electron chi connectivity index (χ1n) is 16.7. The molecule has 6 rings (SSSR count). The van der Waals surface area contributed by atoms with Gasteiger partial charge in [0.25, 0.3) is 0 Å². The number of aromatic amines is 1. The third kappa shape index (κ3) is 7.34. The lowest BCUT2D eigenvalue weighted by atomic mass is 10.0. The van der Waals surface area contributed by atoms with Crippen LogP contribution in [0.4, 0.5) is 15.4 Å². The second kappa shape index (κ2) is 14.9. The van der Waals surface area contributed by atoms with Gasteiger partial charge in [0.05, 0.1) is 37.5 Å². The van der Waals surface area contributed by atoms with Crippen molar-refractivity contribution in [1.29, 1.82) is 0 Å². The van der Waals surface area contributed by atoms with E-state index in [1.807, 2.05) is 42.5 Å². The number of fused-ring (bicyclic) bond motifs is 1. The van der Waals surface area contributed by atoms with Gasteiger partial charge >= 0.3 is 12.2 Å². The zero-order valence-electron chi connectivity index (χ0n) is 28.7. The first-order chi connectivity index (χ1) is 24.6. The minimum Gasteiger partial charge on any atom is -0.453 e. The molecule has 4 aromatic rings. The highest BCUT2D eigenvalue weighted by Gasteiger charge is 2.37. The van der Waals surface area contributed by atoms with Crippen LogP contribution in [-0.4, -0.2) is 100 Å². The maximum absolute atomic E-state index is 13.3. The lowest BCUT2D eigenvalue weighted by Crippen LogP contribution is -2.51. The van der Waals surface area contributed by atoms with Crippen LogP contribution in [0.1, 0.15) is 51.4 Å². The van der Waals surface area contributed by atoms with E-state index in [2.05, 4.69) is 40.5 Å². The summed E-state index contributed by atoms with van der Waals surface area (Å²) in [6.45, 7) is 4.14. The molecule has 0 aliphatic carbocycles. The number of rotatable bonds is 9. The lowest BCUT2D eigenvalue weighted by Gasteiger charge is -2.26. The zero-order valence-corrected chi connectivity index (χ0v) is 28.7. The molecule has 0 bridgehead atoms. The number of imidazole rings is 1. The molecule has 2 aromatic carbocycles. The van der Waals surface area contributed by atoms with Crippen LogP contribution in [0.5, 0.6) is 0 Å². The van der Waals surface area contributed by atoms with E-state index in [4.69, 9.17) is 4.52 Å². The van der Waals surface area contributed by atoms with Crippen molar-refractivity contribution >= 4 is 46.7 Å². The highest BCUT2D eigenvalue weighted by atomic mass is 16.5. The fraction of sp³-hybridized carbons (Fsp3) is 0.400. The topological polar surface area (TPSA) is 201 Å². The molecule has 2 saturated heterocycles. The normalized spacial score (nSPS) is 18.3. The van der Waals surface area contributed by atoms with E-state index >= 15 is 0 Å². The van der Waals surface area contributed by atoms with Crippen molar-refractivity contribution in [2.45, 2.75) is 63.7 Å². The molecule has 2 fully saturated rings. The zero-order chi connectivity index (χ0) is 36.2. The molecule has 2 aliphatic heterocycles. The van der Waals surface area contributed by atoms with E-state index < -0.39 is 30.3 Å². The number of aromatic nitrogens is 3. The van der Waals surface area contributed by atoms with E-state index in [1.54, 1.807) is 24.9 Å². The number of likely N-dealkylation sites (tertiary alicyclic amines) is 2. The maximum atomic E-state index is 13.3. The number of carbonyl (C=O) groups is 5. The number of amides is 5. The van der Waals surface area contributed by atoms with Crippen molar-refractivity contribution in [1.82, 2.24) is 35.6 Å². The molecule has 51 heavy (non-hydrogen) atoms. The SMILES string of the molecule is COC(=O)N[C@@H](C)C(=O)N1CCC[C@H]1C(=O)Nc1noc2cc(-c3ccc(-c4cnc([C@@H]5CCCN5C(=O)[C@H](C)NC(=O)OC)[nH]4)cc3)ccc12. The van der Waals surface area contributed by atoms with Crippen LogP contribution < -0.4 is 16.0 Å². The molecule has 0 saturated carbocycles. The molecular weight excluding hydrogens is 660 g/mol. The third-order valence-electron chi connectivity index (χ3n) is 9.31. The Labute approximate surface area is 293 Å². The number of nitrogens with zero attached hydrogens (tertiary/aromatic N) is 4. The Morgan fingerprint density at radius 2 is 1.45 bits per heavy atom. The molecule has 4 heterocycles. The Kier molecular flexibility index (Phi) is 10.2. The standard InChI is InChI=1S/C35H40N8O8/c1-19(37-34(47)49-3)32(45)42-15-5-7-26(42)30-36-18-25(39-30)22-11-9-21(10-12-22)23-13-14-24-28(17-23)51-41-29(24)40-31(44)27-8-6-16-43(27)33(46)20(2)38-35(48)50-4/h9-14,17-20,26-27H,5-8,15-16H2,1-4H3,(H,36,39)(H,37,47)(H,38,48)(H,40,41,44)/t19-,20-,26-,27-/m0/s1. The van der Waals surface area contributed by atoms with Crippen molar-refractivity contribution in [2.75, 3.05) is 32.6 Å². The van der Waals surface area contributed by atoms with Gasteiger partial charge in [-0.15, -0.1) is 0 Å². The summed E-state index contributed by atoms with van der Waals surface area (Å²) in [4.78, 5) is 73.6. The molecule has 16 nitrogen and oxygen atoms in total. The van der Waals surface area contributed by atoms with E-state index in [1.165, 1.54) is 19.1 Å². The number of hydrogen-bond acceptors (Lipinski definition) is 10. The van der Waals surface area contributed by atoms with E-state index in [0.29, 0.717) is 42.7 Å². The maximum Gasteiger partial charge on any atom is 0.407 e. The molecule has 16 heteroatoms. The van der Waals surface area contributed by atoms with Gasteiger partial charge in [-0.2, -0.15) is 0 Å². The number of methoxy groups -OCH3 is 2. The Morgan fingerprint density at radius 3 is 2.14 bits per heavy atom. The van der Waals surface area contributed by atoms with Crippen LogP contribution in [0.25, 0.3) is 33.4 Å². The summed E-state index contributed by atoms with van der Waals surface area (Å²) in [6, 6.07) is 10.9. The fourth-order valence-corrected chi connectivity index (χ4v) is 6.61. The van der Waals surface area contributed by atoms with Crippen molar-refractivity contribution in [3.05, 3.63) is 54.5 Å². The summed E-state index contributed by atoms with van der Waals surface area (Å²) in [5.41, 5.74) is 4.00. The molecule has 5 amide bonds. The number of benzene rings is 2. The molecule has 2 aliphatic rings. The second-order valence-electron chi connectivity index (χ2n) is 12.6. The van der Waals surface area contributed by atoms with Crippen molar-refractivity contribution in [3.63, 3.8) is 0 Å². The summed E-state index contributed by atoms with van der Waals surface area (Å²) in [7, 11) is 2.47. The molecule has 0 spiro atoms. The number of carbonyl (C=O) groups excluding carboxylic acids is 5. The average Bonchev–Trinajstić information content (AvgIpc) is 3.97. The lowest BCUT2D eigenvalue weighted by molar-refractivity contribution is -0.138. The van der Waals surface area contributed by atoms with Gasteiger partial charge in [-0.05, 0) is 68.4 Å². The van der Waals surface area contributed by atoms with Gasteiger partial charge in [0.1, 0.15) is 23.9 Å². The van der Waals surface area contributed by atoms with Crippen LogP contribution in [0.15, 0.2) is 53.2 Å². The first-order valence-corrected chi connectivity index (χ1v) is 16.7. The Hall–Kier alpha value is -5.93. The number of hydrogen-bond donors (Lipinski definition) is 4. The Morgan fingerprint density at radius 1 is 0.843 bits per heavy atom. The number of H-pyrrole nitrogens is 1. The molecule has 0 unspecified atom stereocenters. The fourth-order valence-electron chi connectivity index (χ4n) is 6.61. The second-order valence-corrected chi connectivity index (χ2v) is 12.6. The van der Waals surface area contributed by atoms with Crippen LogP contribution in [-0.2, 0) is 23.9 Å². The van der Waals surface area contributed by atoms with Crippen molar-refractivity contribution in [2.24, 2.45) is 0 Å². The van der Waals surface area contributed by atoms with Gasteiger partial charge in [0.15, 0.2) is 11.4 Å². The van der Waals surface area contributed by atoms with Crippen LogP contribution in [0.2, 0.25) is 0 Å². The summed E-state index contributed by atoms with van der Waals surface area (Å²) in [6.07, 6.45) is 3.08. The predicted molar refractivity (Wildman–Crippen MR) is 184 cm³/mol. The van der Waals surface area contributed by atoms with E-state index in [9.17, 15) is 24.0 Å². The highest BCUT2D eigenvalue weighted by molar-refractivity contribution is 6.03. The predicted octanol–water partition coefficient (Wildman–Crippen LogP) is 3.97. The third-order valence-corrected chi connectivity index (χ3v) is 9.31. The van der Waals surface area contributed by atoms with E-state index in [0.717, 1.165) is 35.2 Å². The molecule has 268 valence electrons. The minimum absolute atomic E-state index is 0.197. The monoisotopic (exact) mass is 700 g/mol. The summed E-state index contributed by atoms with van der Waals surface area (Å²) < 4.78 is 14.8. The smallest absolute Gasteiger partial charge is 0.407 e. The van der Waals surface area contributed by atoms with Gasteiger partial charge in [-0.1, -0.05) is 35.5 Å². The number of ether oxygens (including phenoxy) is 2. The molecule has 4 N–H and O–H groups in total. The number of alkyl carbamates (subject to hydrolysis) is 2. The van der Waals surface area contributed by atoms with Gasteiger partial charge in [-0.25, -0.2) is 14.6 Å². The van der Waals surface area contributed by atoms with Crippen molar-refractivity contribution in [3.8, 4) is 22.4 Å². The Bertz CT molecular complexity index is 1940. The highest BCUT2D eigenvalue weighted by Crippen LogP contribution is 2.34. The number of nitrogens with one attached hydrogen (secondary N) is 4. The Balaban J connectivity index is 1.10. The van der Waals surface area contributed by atoms with E-state index in [-0.39, 0.29) is 29.6 Å². The molecule has 0 radical (unpaired) electrons. The molecule has 4 atom stereocenters. The summed E-state index contributed by atoms with van der Waals surface area (Å²) in [5, 5.41) is 12.5. The van der Waals surface area contributed by atoms with Gasteiger partial charge < -0.3 is 44.7 Å². The van der Waals surface area contributed by atoms with Gasteiger partial charge in [-0.3, -0.25) is 14.4 Å². The average molecular weight is 701 g/mol. The van der Waals surface area contributed by atoms with Crippen LogP contribution in [0.3, 0.4) is 0 Å². The molecular formula is C35H40N8O8.